The van der Waals surface area contributed by atoms with Gasteiger partial charge in [-0.15, -0.1) is 0 Å². The van der Waals surface area contributed by atoms with Crippen LogP contribution in [0.15, 0.2) is 53.4 Å². The molecule has 0 aliphatic carbocycles. The third-order valence-electron chi connectivity index (χ3n) is 6.11. The highest BCUT2D eigenvalue weighted by molar-refractivity contribution is 7.82. The Morgan fingerprint density at radius 2 is 1.66 bits per heavy atom. The molecule has 222 valence electrons. The summed E-state index contributed by atoms with van der Waals surface area (Å²) >= 11 is 0. The first-order valence-electron chi connectivity index (χ1n) is 12.8. The van der Waals surface area contributed by atoms with Gasteiger partial charge in [0.1, 0.15) is 11.0 Å². The molecule has 3 aromatic rings. The minimum absolute atomic E-state index is 0.0303. The number of anilines is 3. The first-order valence-corrected chi connectivity index (χ1v) is 13.9. The third-order valence-corrected chi connectivity index (χ3v) is 7.62. The van der Waals surface area contributed by atoms with Gasteiger partial charge >= 0.3 is 18.4 Å². The number of aromatic nitrogens is 3. The molecular formula is C26H28F6N6O2S. The van der Waals surface area contributed by atoms with Gasteiger partial charge < -0.3 is 15.4 Å². The van der Waals surface area contributed by atoms with Crippen molar-refractivity contribution in [3.8, 4) is 6.01 Å². The molecule has 1 aromatic heterocycles. The molecule has 1 aliphatic rings. The lowest BCUT2D eigenvalue weighted by Gasteiger charge is -2.31. The van der Waals surface area contributed by atoms with E-state index >= 15 is 0 Å². The van der Waals surface area contributed by atoms with E-state index in [1.165, 1.54) is 17.7 Å². The van der Waals surface area contributed by atoms with E-state index in [0.717, 1.165) is 25.0 Å². The summed E-state index contributed by atoms with van der Waals surface area (Å²) in [4.78, 5) is 12.5. The number of piperidine rings is 1. The van der Waals surface area contributed by atoms with E-state index < -0.39 is 41.5 Å². The Bertz CT molecular complexity index is 1330. The lowest BCUT2D eigenvalue weighted by atomic mass is 10.1. The molecule has 1 aliphatic heterocycles. The van der Waals surface area contributed by atoms with E-state index in [-0.39, 0.29) is 23.6 Å². The van der Waals surface area contributed by atoms with Gasteiger partial charge in [0.05, 0.1) is 10.5 Å². The van der Waals surface area contributed by atoms with Gasteiger partial charge in [-0.25, -0.2) is 8.51 Å². The second kappa shape index (κ2) is 13.0. The van der Waals surface area contributed by atoms with Crippen molar-refractivity contribution in [3.63, 3.8) is 0 Å². The average Bonchev–Trinajstić information content (AvgIpc) is 2.92. The van der Waals surface area contributed by atoms with Crippen molar-refractivity contribution in [1.82, 2.24) is 19.3 Å². The molecule has 4 rings (SSSR count). The second-order valence-electron chi connectivity index (χ2n) is 9.36. The van der Waals surface area contributed by atoms with Crippen LogP contribution < -0.4 is 15.4 Å². The summed E-state index contributed by atoms with van der Waals surface area (Å²) in [5.74, 6) is -0.415. The number of ether oxygens (including phenoxy) is 1. The Balaban J connectivity index is 1.44. The zero-order valence-corrected chi connectivity index (χ0v) is 22.7. The highest BCUT2D eigenvalue weighted by Crippen LogP contribution is 2.31. The summed E-state index contributed by atoms with van der Waals surface area (Å²) in [6, 6.07) is 11.0. The van der Waals surface area contributed by atoms with Gasteiger partial charge in [-0.2, -0.15) is 41.3 Å². The summed E-state index contributed by atoms with van der Waals surface area (Å²) < 4.78 is 97.0. The van der Waals surface area contributed by atoms with Gasteiger partial charge in [-0.1, -0.05) is 31.5 Å². The number of hydrogen-bond donors (Lipinski definition) is 2. The smallest absolute Gasteiger partial charge is 0.422 e. The Labute approximate surface area is 235 Å². The Hall–Kier alpha value is -3.46. The lowest BCUT2D eigenvalue weighted by Crippen LogP contribution is -2.40. The lowest BCUT2D eigenvalue weighted by molar-refractivity contribution is -0.154. The molecular weight excluding hydrogens is 574 g/mol. The maximum absolute atomic E-state index is 13.1. The van der Waals surface area contributed by atoms with Crippen LogP contribution >= 0.6 is 0 Å². The fourth-order valence-electron chi connectivity index (χ4n) is 4.15. The van der Waals surface area contributed by atoms with Crippen LogP contribution in [0.4, 0.5) is 43.9 Å². The van der Waals surface area contributed by atoms with Crippen LogP contribution in [0.1, 0.15) is 37.3 Å². The number of benzene rings is 2. The number of halogens is 6. The maximum atomic E-state index is 13.1. The van der Waals surface area contributed by atoms with Crippen LogP contribution in [0.25, 0.3) is 0 Å². The van der Waals surface area contributed by atoms with Gasteiger partial charge in [0.2, 0.25) is 11.9 Å². The first-order chi connectivity index (χ1) is 19.4. The molecule has 0 spiro atoms. The molecule has 1 fully saturated rings. The molecule has 8 nitrogen and oxygen atoms in total. The van der Waals surface area contributed by atoms with E-state index in [1.807, 2.05) is 28.6 Å². The molecule has 1 atom stereocenters. The summed E-state index contributed by atoms with van der Waals surface area (Å²) in [5, 5.41) is 5.60. The molecule has 2 aromatic carbocycles. The molecule has 41 heavy (non-hydrogen) atoms. The zero-order chi connectivity index (χ0) is 29.6. The molecule has 1 saturated heterocycles. The fourth-order valence-corrected chi connectivity index (χ4v) is 5.36. The van der Waals surface area contributed by atoms with Gasteiger partial charge in [0.25, 0.3) is 0 Å². The van der Waals surface area contributed by atoms with Crippen molar-refractivity contribution in [2.45, 2.75) is 55.9 Å². The van der Waals surface area contributed by atoms with Gasteiger partial charge in [-0.05, 0) is 55.2 Å². The van der Waals surface area contributed by atoms with E-state index in [4.69, 9.17) is 0 Å². The number of nitrogens with one attached hydrogen (secondary N) is 2. The summed E-state index contributed by atoms with van der Waals surface area (Å²) in [6.45, 7) is 1.37. The highest BCUT2D eigenvalue weighted by Gasteiger charge is 2.31. The van der Waals surface area contributed by atoms with Crippen molar-refractivity contribution in [2.75, 3.05) is 30.3 Å². The number of nitrogens with zero attached hydrogens (tertiary/aromatic N) is 4. The van der Waals surface area contributed by atoms with Crippen molar-refractivity contribution in [1.29, 1.82) is 0 Å². The largest absolute Gasteiger partial charge is 0.454 e. The molecule has 0 amide bonds. The fraction of sp³-hybridized carbons (Fsp3) is 0.423. The second-order valence-corrected chi connectivity index (χ2v) is 10.8. The molecule has 2 heterocycles. The Kier molecular flexibility index (Phi) is 9.68. The van der Waals surface area contributed by atoms with Gasteiger partial charge in [0, 0.05) is 24.8 Å². The summed E-state index contributed by atoms with van der Waals surface area (Å²) in [5.41, 5.74) is 0.218. The molecule has 15 heteroatoms. The molecule has 1 unspecified atom stereocenters. The van der Waals surface area contributed by atoms with Crippen molar-refractivity contribution < 1.29 is 35.3 Å². The van der Waals surface area contributed by atoms with E-state index in [1.54, 1.807) is 0 Å². The predicted molar refractivity (Wildman–Crippen MR) is 141 cm³/mol. The summed E-state index contributed by atoms with van der Waals surface area (Å²) in [7, 11) is -1.35. The van der Waals surface area contributed by atoms with E-state index in [9.17, 15) is 30.6 Å². The number of rotatable bonds is 10. The quantitative estimate of drug-likeness (QED) is 0.270. The molecule has 2 N–H and O–H groups in total. The van der Waals surface area contributed by atoms with E-state index in [2.05, 4.69) is 37.2 Å². The monoisotopic (exact) mass is 602 g/mol. The standard InChI is InChI=1S/C26H28F6N6O2S/c1-2-4-17-7-9-21(10-8-17)41(39)38-13-11-19(12-14-38)33-22-35-23(37-24(36-22)40-16-25(27,28)29)34-20-6-3-5-18(15-20)26(30,31)32/h3,5-10,15,19H,2,4,11-14,16H2,1H3,(H2,33,34,35,36,37). The Morgan fingerprint density at radius 1 is 0.976 bits per heavy atom. The minimum atomic E-state index is -4.66. The van der Waals surface area contributed by atoms with Gasteiger partial charge in [-0.3, -0.25) is 0 Å². The molecule has 0 bridgehead atoms. The van der Waals surface area contributed by atoms with Crippen LogP contribution in [-0.2, 0) is 23.6 Å². The number of aryl methyl sites for hydroxylation is 1. The topological polar surface area (TPSA) is 92.3 Å². The normalized spacial score (nSPS) is 15.9. The summed E-state index contributed by atoms with van der Waals surface area (Å²) in [6.07, 6.45) is -6.24. The van der Waals surface area contributed by atoms with Crippen LogP contribution in [0.3, 0.4) is 0 Å². The van der Waals surface area contributed by atoms with E-state index in [0.29, 0.717) is 30.8 Å². The number of hydrogen-bond acceptors (Lipinski definition) is 7. The van der Waals surface area contributed by atoms with Crippen LogP contribution in [0.5, 0.6) is 6.01 Å². The van der Waals surface area contributed by atoms with Crippen LogP contribution in [-0.4, -0.2) is 55.4 Å². The Morgan fingerprint density at radius 3 is 2.29 bits per heavy atom. The average molecular weight is 603 g/mol. The van der Waals surface area contributed by atoms with Crippen molar-refractivity contribution in [2.24, 2.45) is 0 Å². The zero-order valence-electron chi connectivity index (χ0n) is 21.9. The number of alkyl halides is 6. The maximum Gasteiger partial charge on any atom is 0.422 e. The predicted octanol–water partition coefficient (Wildman–Crippen LogP) is 6.13. The molecule has 0 saturated carbocycles. The minimum Gasteiger partial charge on any atom is -0.454 e. The highest BCUT2D eigenvalue weighted by atomic mass is 32.2. The third kappa shape index (κ3) is 9.01. The van der Waals surface area contributed by atoms with Crippen molar-refractivity contribution in [3.05, 3.63) is 59.7 Å². The van der Waals surface area contributed by atoms with Crippen molar-refractivity contribution >= 4 is 28.6 Å². The van der Waals surface area contributed by atoms with Crippen LogP contribution in [0, 0.1) is 0 Å². The van der Waals surface area contributed by atoms with Gasteiger partial charge in [0.15, 0.2) is 6.61 Å². The van der Waals surface area contributed by atoms with Crippen LogP contribution in [0.2, 0.25) is 0 Å². The first kappa shape index (κ1) is 30.5. The SMILES string of the molecule is CCCc1ccc(S(=O)N2CCC(Nc3nc(Nc4cccc(C(F)(F)F)c4)nc(OCC(F)(F)F)n3)CC2)cc1. The molecule has 0 radical (unpaired) electrons.